The quantitative estimate of drug-likeness (QED) is 0.381. The molecule has 0 spiro atoms. The fourth-order valence-corrected chi connectivity index (χ4v) is 4.06. The molecule has 1 atom stereocenters. The molecular formula is C27H23FN2O4. The van der Waals surface area contributed by atoms with Gasteiger partial charge in [0.15, 0.2) is 0 Å². The molecule has 34 heavy (non-hydrogen) atoms. The van der Waals surface area contributed by atoms with Crippen LogP contribution >= 0.6 is 0 Å². The van der Waals surface area contributed by atoms with Gasteiger partial charge in [0.2, 0.25) is 0 Å². The third-order valence-electron chi connectivity index (χ3n) is 5.76. The lowest BCUT2D eigenvalue weighted by atomic mass is 10.0. The maximum Gasteiger partial charge on any atom is 0.258 e. The van der Waals surface area contributed by atoms with Gasteiger partial charge in [-0.15, -0.1) is 0 Å². The fourth-order valence-electron chi connectivity index (χ4n) is 4.06. The van der Waals surface area contributed by atoms with Crippen LogP contribution < -0.4 is 14.8 Å². The largest absolute Gasteiger partial charge is 0.496 e. The summed E-state index contributed by atoms with van der Waals surface area (Å²) in [7, 11) is 1.60. The van der Waals surface area contributed by atoms with Gasteiger partial charge in [-0.25, -0.2) is 4.39 Å². The van der Waals surface area contributed by atoms with Gasteiger partial charge in [-0.05, 0) is 66.2 Å². The van der Waals surface area contributed by atoms with Gasteiger partial charge in [0.05, 0.1) is 25.5 Å². The van der Waals surface area contributed by atoms with Crippen LogP contribution in [0.1, 0.15) is 33.4 Å². The van der Waals surface area contributed by atoms with Crippen molar-refractivity contribution in [3.8, 4) is 11.5 Å². The normalized spacial score (nSPS) is 14.9. The second-order valence-electron chi connectivity index (χ2n) is 7.92. The van der Waals surface area contributed by atoms with E-state index in [4.69, 9.17) is 13.9 Å². The van der Waals surface area contributed by atoms with Crippen LogP contribution in [0.4, 0.5) is 10.1 Å². The topological polar surface area (TPSA) is 63.9 Å². The van der Waals surface area contributed by atoms with Crippen LogP contribution in [0.15, 0.2) is 89.5 Å². The third-order valence-corrected chi connectivity index (χ3v) is 5.76. The van der Waals surface area contributed by atoms with Crippen molar-refractivity contribution in [2.24, 2.45) is 0 Å². The average molecular weight is 458 g/mol. The van der Waals surface area contributed by atoms with Gasteiger partial charge in [-0.3, -0.25) is 4.79 Å². The molecule has 0 unspecified atom stereocenters. The van der Waals surface area contributed by atoms with E-state index in [1.165, 1.54) is 12.1 Å². The highest BCUT2D eigenvalue weighted by Crippen LogP contribution is 2.36. The molecule has 0 saturated carbocycles. The molecule has 1 aliphatic rings. The molecule has 7 heteroatoms. The second-order valence-corrected chi connectivity index (χ2v) is 7.92. The second kappa shape index (κ2) is 9.31. The number of rotatable bonds is 7. The minimum Gasteiger partial charge on any atom is -0.496 e. The van der Waals surface area contributed by atoms with Crippen molar-refractivity contribution in [2.45, 2.75) is 19.3 Å². The Bertz CT molecular complexity index is 1290. The molecule has 3 aromatic carbocycles. The summed E-state index contributed by atoms with van der Waals surface area (Å²) in [6.45, 7) is 0.531. The number of hydrogen-bond donors (Lipinski definition) is 1. The number of furan rings is 1. The van der Waals surface area contributed by atoms with Crippen LogP contribution in [0.3, 0.4) is 0 Å². The van der Waals surface area contributed by atoms with E-state index >= 15 is 0 Å². The van der Waals surface area contributed by atoms with Gasteiger partial charge in [0.25, 0.3) is 5.91 Å². The van der Waals surface area contributed by atoms with Crippen LogP contribution in [-0.4, -0.2) is 17.9 Å². The molecule has 172 valence electrons. The first-order valence-electron chi connectivity index (χ1n) is 10.9. The zero-order chi connectivity index (χ0) is 23.5. The first-order valence-corrected chi connectivity index (χ1v) is 10.9. The summed E-state index contributed by atoms with van der Waals surface area (Å²) in [5, 5.41) is 3.49. The highest BCUT2D eigenvalue weighted by Gasteiger charge is 2.33. The molecule has 0 bridgehead atoms. The highest BCUT2D eigenvalue weighted by atomic mass is 19.1. The molecule has 1 N–H and O–H groups in total. The molecule has 6 nitrogen and oxygen atoms in total. The number of carbonyl (C=O) groups excluding carboxylic acids is 1. The van der Waals surface area contributed by atoms with Crippen LogP contribution in [-0.2, 0) is 13.2 Å². The van der Waals surface area contributed by atoms with E-state index < -0.39 is 6.17 Å². The Labute approximate surface area is 196 Å². The van der Waals surface area contributed by atoms with E-state index in [9.17, 15) is 9.18 Å². The lowest BCUT2D eigenvalue weighted by Gasteiger charge is -2.38. The number of para-hydroxylation sites is 1. The number of ether oxygens (including phenoxy) is 2. The minimum absolute atomic E-state index is 0.0873. The number of amides is 1. The summed E-state index contributed by atoms with van der Waals surface area (Å²) in [6, 6.07) is 22.7. The van der Waals surface area contributed by atoms with Crippen LogP contribution in [0.25, 0.3) is 0 Å². The van der Waals surface area contributed by atoms with Gasteiger partial charge >= 0.3 is 0 Å². The number of nitrogens with zero attached hydrogens (tertiary/aromatic N) is 1. The molecule has 2 heterocycles. The number of benzene rings is 3. The Hall–Kier alpha value is -4.26. The maximum absolute atomic E-state index is 13.4. The summed E-state index contributed by atoms with van der Waals surface area (Å²) in [4.78, 5) is 15.2. The Morgan fingerprint density at radius 1 is 1.03 bits per heavy atom. The van der Waals surface area contributed by atoms with Crippen molar-refractivity contribution in [1.29, 1.82) is 0 Å². The zero-order valence-corrected chi connectivity index (χ0v) is 18.5. The Balaban J connectivity index is 1.47. The van der Waals surface area contributed by atoms with E-state index in [0.29, 0.717) is 29.4 Å². The maximum atomic E-state index is 13.4. The monoisotopic (exact) mass is 458 g/mol. The standard InChI is InChI=1S/C27H23FN2O4/c1-32-25-13-8-18(15-19(25)17-34-21-11-9-20(28)10-12-21)26-29-24-7-3-2-6-23(24)27(31)30(26)16-22-5-4-14-33-22/h2-15,26,29H,16-17H2,1H3/t26-/m1/s1. The van der Waals surface area contributed by atoms with E-state index in [1.54, 1.807) is 36.5 Å². The Morgan fingerprint density at radius 2 is 1.85 bits per heavy atom. The average Bonchev–Trinajstić information content (AvgIpc) is 3.38. The van der Waals surface area contributed by atoms with E-state index in [2.05, 4.69) is 5.32 Å². The van der Waals surface area contributed by atoms with Crippen molar-refractivity contribution in [3.63, 3.8) is 0 Å². The zero-order valence-electron chi connectivity index (χ0n) is 18.5. The molecule has 1 aromatic heterocycles. The molecule has 0 saturated heterocycles. The van der Waals surface area contributed by atoms with Crippen LogP contribution in [0, 0.1) is 5.82 Å². The lowest BCUT2D eigenvalue weighted by molar-refractivity contribution is 0.0651. The molecular weight excluding hydrogens is 435 g/mol. The van der Waals surface area contributed by atoms with Gasteiger partial charge < -0.3 is 24.1 Å². The van der Waals surface area contributed by atoms with Crippen molar-refractivity contribution < 1.29 is 23.1 Å². The number of fused-ring (bicyclic) bond motifs is 1. The molecule has 1 aliphatic heterocycles. The van der Waals surface area contributed by atoms with Crippen LogP contribution in [0.2, 0.25) is 0 Å². The van der Waals surface area contributed by atoms with Gasteiger partial charge in [0, 0.05) is 11.3 Å². The first-order chi connectivity index (χ1) is 16.6. The summed E-state index contributed by atoms with van der Waals surface area (Å²) in [6.07, 6.45) is 1.17. The highest BCUT2D eigenvalue weighted by molar-refractivity contribution is 6.01. The molecule has 1 amide bonds. The number of carbonyl (C=O) groups is 1. The number of anilines is 1. The third kappa shape index (κ3) is 4.32. The predicted octanol–water partition coefficient (Wildman–Crippen LogP) is 5.77. The van der Waals surface area contributed by atoms with E-state index in [-0.39, 0.29) is 18.3 Å². The summed E-state index contributed by atoms with van der Waals surface area (Å²) in [5.74, 6) is 1.49. The van der Waals surface area contributed by atoms with Crippen molar-refractivity contribution >= 4 is 11.6 Å². The minimum atomic E-state index is -0.428. The fraction of sp³-hybridized carbons (Fsp3) is 0.148. The lowest BCUT2D eigenvalue weighted by Crippen LogP contribution is -2.42. The number of hydrogen-bond acceptors (Lipinski definition) is 5. The summed E-state index contributed by atoms with van der Waals surface area (Å²) < 4.78 is 30.1. The molecule has 0 fully saturated rings. The Kier molecular flexibility index (Phi) is 5.91. The smallest absolute Gasteiger partial charge is 0.258 e. The van der Waals surface area contributed by atoms with Gasteiger partial charge in [0.1, 0.15) is 35.8 Å². The molecule has 5 rings (SSSR count). The van der Waals surface area contributed by atoms with Crippen molar-refractivity contribution in [3.05, 3.63) is 113 Å². The number of methoxy groups -OCH3 is 1. The van der Waals surface area contributed by atoms with E-state index in [1.807, 2.05) is 48.5 Å². The van der Waals surface area contributed by atoms with Crippen molar-refractivity contribution in [2.75, 3.05) is 12.4 Å². The van der Waals surface area contributed by atoms with Gasteiger partial charge in [-0.1, -0.05) is 18.2 Å². The molecule has 0 radical (unpaired) electrons. The molecule has 4 aromatic rings. The first kappa shape index (κ1) is 21.6. The predicted molar refractivity (Wildman–Crippen MR) is 125 cm³/mol. The molecule has 0 aliphatic carbocycles. The Morgan fingerprint density at radius 3 is 2.62 bits per heavy atom. The number of nitrogens with one attached hydrogen (secondary N) is 1. The number of halogens is 1. The summed E-state index contributed by atoms with van der Waals surface area (Å²) >= 11 is 0. The SMILES string of the molecule is COc1ccc([C@@H]2Nc3ccccc3C(=O)N2Cc2ccco2)cc1COc1ccc(F)cc1. The van der Waals surface area contributed by atoms with Crippen molar-refractivity contribution in [1.82, 2.24) is 4.90 Å². The van der Waals surface area contributed by atoms with Gasteiger partial charge in [-0.2, -0.15) is 0 Å². The van der Waals surface area contributed by atoms with E-state index in [0.717, 1.165) is 16.8 Å². The van der Waals surface area contributed by atoms with Crippen LogP contribution in [0.5, 0.6) is 11.5 Å². The summed E-state index contributed by atoms with van der Waals surface area (Å²) in [5.41, 5.74) is 3.05.